The van der Waals surface area contributed by atoms with Gasteiger partial charge in [0.25, 0.3) is 5.91 Å². The zero-order valence-electron chi connectivity index (χ0n) is 10.8. The van der Waals surface area contributed by atoms with E-state index in [0.29, 0.717) is 40.2 Å². The Labute approximate surface area is 133 Å². The van der Waals surface area contributed by atoms with E-state index < -0.39 is 0 Å². The molecule has 4 nitrogen and oxygen atoms in total. The van der Waals surface area contributed by atoms with Crippen LogP contribution in [0.25, 0.3) is 0 Å². The van der Waals surface area contributed by atoms with Crippen molar-refractivity contribution in [2.45, 2.75) is 0 Å². The molecule has 1 aromatic carbocycles. The minimum atomic E-state index is -0.0903. The molecule has 2 rings (SSSR count). The molecule has 1 saturated heterocycles. The maximum atomic E-state index is 12.4. The van der Waals surface area contributed by atoms with Crippen molar-refractivity contribution in [1.29, 1.82) is 0 Å². The minimum Gasteiger partial charge on any atom is -0.392 e. The predicted octanol–water partition coefficient (Wildman–Crippen LogP) is 2.04. The third-order valence-corrected chi connectivity index (χ3v) is 4.17. The Kier molecular flexibility index (Phi) is 5.21. The number of rotatable bonds is 3. The van der Waals surface area contributed by atoms with Crippen LogP contribution in [0, 0.1) is 0 Å². The average molecular weight is 332 g/mol. The van der Waals surface area contributed by atoms with Crippen molar-refractivity contribution < 1.29 is 4.79 Å². The van der Waals surface area contributed by atoms with Crippen LogP contribution >= 0.6 is 35.4 Å². The number of carbonyl (C=O) groups is 1. The first kappa shape index (κ1) is 15.5. The SMILES string of the molecule is NC(=S)CN1CCN(C(=O)c2cccc(Cl)c2Cl)CC1. The summed E-state index contributed by atoms with van der Waals surface area (Å²) in [6.45, 7) is 3.35. The van der Waals surface area contributed by atoms with Crippen LogP contribution in [0.3, 0.4) is 0 Å². The number of hydrogen-bond acceptors (Lipinski definition) is 3. The normalized spacial score (nSPS) is 16.2. The summed E-state index contributed by atoms with van der Waals surface area (Å²) in [6.07, 6.45) is 0. The lowest BCUT2D eigenvalue weighted by Crippen LogP contribution is -2.50. The molecule has 0 unspecified atom stereocenters. The van der Waals surface area contributed by atoms with Crippen molar-refractivity contribution >= 4 is 46.3 Å². The number of thiocarbonyl (C=S) groups is 1. The fraction of sp³-hybridized carbons (Fsp3) is 0.385. The molecule has 0 aliphatic carbocycles. The maximum Gasteiger partial charge on any atom is 0.255 e. The van der Waals surface area contributed by atoms with Crippen LogP contribution in [-0.2, 0) is 0 Å². The van der Waals surface area contributed by atoms with Gasteiger partial charge in [-0.05, 0) is 12.1 Å². The van der Waals surface area contributed by atoms with Gasteiger partial charge < -0.3 is 10.6 Å². The number of benzene rings is 1. The molecule has 0 saturated carbocycles. The van der Waals surface area contributed by atoms with Gasteiger partial charge in [0.1, 0.15) is 0 Å². The molecule has 1 fully saturated rings. The molecule has 2 N–H and O–H groups in total. The highest BCUT2D eigenvalue weighted by Crippen LogP contribution is 2.26. The lowest BCUT2D eigenvalue weighted by Gasteiger charge is -2.34. The van der Waals surface area contributed by atoms with Crippen LogP contribution < -0.4 is 5.73 Å². The van der Waals surface area contributed by atoms with Crippen LogP contribution in [0.4, 0.5) is 0 Å². The highest BCUT2D eigenvalue weighted by molar-refractivity contribution is 7.80. The number of hydrogen-bond donors (Lipinski definition) is 1. The molecule has 1 aliphatic rings. The third kappa shape index (κ3) is 3.61. The number of piperazine rings is 1. The standard InChI is InChI=1S/C13H15Cl2N3OS/c14-10-3-1-2-9(12(10)15)13(19)18-6-4-17(5-7-18)8-11(16)20/h1-3H,4-8H2,(H2,16,20). The van der Waals surface area contributed by atoms with Gasteiger partial charge in [0, 0.05) is 32.7 Å². The molecule has 1 aliphatic heterocycles. The summed E-state index contributed by atoms with van der Waals surface area (Å²) in [5, 5.41) is 0.703. The van der Waals surface area contributed by atoms with Gasteiger partial charge in [-0.15, -0.1) is 0 Å². The van der Waals surface area contributed by atoms with Gasteiger partial charge in [0.05, 0.1) is 20.6 Å². The molecule has 7 heteroatoms. The first-order valence-corrected chi connectivity index (χ1v) is 7.39. The van der Waals surface area contributed by atoms with Gasteiger partial charge in [-0.2, -0.15) is 0 Å². The van der Waals surface area contributed by atoms with Crippen molar-refractivity contribution in [2.75, 3.05) is 32.7 Å². The second kappa shape index (κ2) is 6.72. The zero-order chi connectivity index (χ0) is 14.7. The summed E-state index contributed by atoms with van der Waals surface area (Å²) in [4.78, 5) is 16.8. The monoisotopic (exact) mass is 331 g/mol. The summed E-state index contributed by atoms with van der Waals surface area (Å²) in [6, 6.07) is 5.09. The number of halogens is 2. The molecule has 108 valence electrons. The molecule has 1 aromatic rings. The zero-order valence-corrected chi connectivity index (χ0v) is 13.1. The molecule has 0 spiro atoms. The molecule has 0 bridgehead atoms. The molecular weight excluding hydrogens is 317 g/mol. The maximum absolute atomic E-state index is 12.4. The molecular formula is C13H15Cl2N3OS. The first-order valence-electron chi connectivity index (χ1n) is 6.23. The number of nitrogens with two attached hydrogens (primary N) is 1. The molecule has 20 heavy (non-hydrogen) atoms. The number of carbonyl (C=O) groups excluding carboxylic acids is 1. The van der Waals surface area contributed by atoms with Gasteiger partial charge in [-0.3, -0.25) is 9.69 Å². The minimum absolute atomic E-state index is 0.0903. The Balaban J connectivity index is 2.02. The van der Waals surface area contributed by atoms with Crippen molar-refractivity contribution in [3.05, 3.63) is 33.8 Å². The van der Waals surface area contributed by atoms with E-state index >= 15 is 0 Å². The van der Waals surface area contributed by atoms with E-state index in [1.54, 1.807) is 23.1 Å². The lowest BCUT2D eigenvalue weighted by molar-refractivity contribution is 0.0654. The van der Waals surface area contributed by atoms with E-state index in [1.807, 2.05) is 0 Å². The average Bonchev–Trinajstić information content (AvgIpc) is 2.41. The topological polar surface area (TPSA) is 49.6 Å². The highest BCUT2D eigenvalue weighted by Gasteiger charge is 2.24. The van der Waals surface area contributed by atoms with Crippen molar-refractivity contribution in [2.24, 2.45) is 5.73 Å². The van der Waals surface area contributed by atoms with Crippen molar-refractivity contribution in [1.82, 2.24) is 9.80 Å². The van der Waals surface area contributed by atoms with Crippen LogP contribution in [0.5, 0.6) is 0 Å². The summed E-state index contributed by atoms with van der Waals surface area (Å²) < 4.78 is 0. The largest absolute Gasteiger partial charge is 0.392 e. The number of nitrogens with zero attached hydrogens (tertiary/aromatic N) is 2. The second-order valence-electron chi connectivity index (χ2n) is 4.64. The Morgan fingerprint density at radius 1 is 1.25 bits per heavy atom. The quantitative estimate of drug-likeness (QED) is 0.861. The molecule has 0 aromatic heterocycles. The van der Waals surface area contributed by atoms with Crippen molar-refractivity contribution in [3.63, 3.8) is 0 Å². The van der Waals surface area contributed by atoms with E-state index in [4.69, 9.17) is 41.2 Å². The van der Waals surface area contributed by atoms with Crippen LogP contribution in [0.2, 0.25) is 10.0 Å². The summed E-state index contributed by atoms with van der Waals surface area (Å²) in [7, 11) is 0. The lowest BCUT2D eigenvalue weighted by atomic mass is 10.1. The fourth-order valence-electron chi connectivity index (χ4n) is 2.17. The Morgan fingerprint density at radius 2 is 1.90 bits per heavy atom. The van der Waals surface area contributed by atoms with Crippen LogP contribution in [0.15, 0.2) is 18.2 Å². The summed E-state index contributed by atoms with van der Waals surface area (Å²) in [5.41, 5.74) is 5.97. The Bertz CT molecular complexity index is 530. The predicted molar refractivity (Wildman–Crippen MR) is 85.6 cm³/mol. The van der Waals surface area contributed by atoms with E-state index in [0.717, 1.165) is 13.1 Å². The molecule has 0 atom stereocenters. The van der Waals surface area contributed by atoms with Gasteiger partial charge >= 0.3 is 0 Å². The van der Waals surface area contributed by atoms with E-state index in [-0.39, 0.29) is 5.91 Å². The Hall–Kier alpha value is -0.880. The van der Waals surface area contributed by atoms with Crippen LogP contribution in [0.1, 0.15) is 10.4 Å². The molecule has 0 radical (unpaired) electrons. The summed E-state index contributed by atoms with van der Waals surface area (Å²) in [5.74, 6) is -0.0903. The van der Waals surface area contributed by atoms with Crippen molar-refractivity contribution in [3.8, 4) is 0 Å². The van der Waals surface area contributed by atoms with E-state index in [1.165, 1.54) is 0 Å². The number of amides is 1. The molecule has 1 heterocycles. The smallest absolute Gasteiger partial charge is 0.255 e. The van der Waals surface area contributed by atoms with Gasteiger partial charge in [-0.25, -0.2) is 0 Å². The van der Waals surface area contributed by atoms with E-state index in [2.05, 4.69) is 4.90 Å². The van der Waals surface area contributed by atoms with Crippen LogP contribution in [-0.4, -0.2) is 53.4 Å². The fourth-order valence-corrected chi connectivity index (χ4v) is 2.73. The molecule has 1 amide bonds. The van der Waals surface area contributed by atoms with Gasteiger partial charge in [0.2, 0.25) is 0 Å². The Morgan fingerprint density at radius 3 is 2.50 bits per heavy atom. The van der Waals surface area contributed by atoms with Gasteiger partial charge in [-0.1, -0.05) is 41.5 Å². The summed E-state index contributed by atoms with van der Waals surface area (Å²) >= 11 is 16.9. The third-order valence-electron chi connectivity index (χ3n) is 3.22. The highest BCUT2D eigenvalue weighted by atomic mass is 35.5. The van der Waals surface area contributed by atoms with Gasteiger partial charge in [0.15, 0.2) is 0 Å². The van der Waals surface area contributed by atoms with E-state index in [9.17, 15) is 4.79 Å². The second-order valence-corrected chi connectivity index (χ2v) is 5.95. The first-order chi connectivity index (χ1) is 9.49.